The average Bonchev–Trinajstić information content (AvgIpc) is 2.78. The fourth-order valence-corrected chi connectivity index (χ4v) is 3.50. The number of ether oxygens (including phenoxy) is 2. The topological polar surface area (TPSA) is 88.1 Å². The number of hydrogen-bond acceptors (Lipinski definition) is 6. The lowest BCUT2D eigenvalue weighted by atomic mass is 10.1. The van der Waals surface area contributed by atoms with Gasteiger partial charge < -0.3 is 19.9 Å². The van der Waals surface area contributed by atoms with Crippen LogP contribution in [0.25, 0.3) is 0 Å². The smallest absolute Gasteiger partial charge is 0.338 e. The highest BCUT2D eigenvalue weighted by molar-refractivity contribution is 5.91. The van der Waals surface area contributed by atoms with E-state index in [0.29, 0.717) is 31.7 Å². The summed E-state index contributed by atoms with van der Waals surface area (Å²) in [4.78, 5) is 25.9. The largest absolute Gasteiger partial charge is 0.494 e. The number of amides is 1. The van der Waals surface area contributed by atoms with Crippen molar-refractivity contribution in [3.63, 3.8) is 0 Å². The Hall–Kier alpha value is -2.90. The van der Waals surface area contributed by atoms with Crippen molar-refractivity contribution in [1.82, 2.24) is 10.2 Å². The third kappa shape index (κ3) is 8.03. The first kappa shape index (κ1) is 22.8. The Bertz CT molecular complexity index is 843. The summed E-state index contributed by atoms with van der Waals surface area (Å²) in [5, 5.41) is 12.5. The fourth-order valence-electron chi connectivity index (χ4n) is 3.50. The first-order chi connectivity index (χ1) is 15.1. The lowest BCUT2D eigenvalue weighted by molar-refractivity contribution is -0.124. The van der Waals surface area contributed by atoms with E-state index in [1.165, 1.54) is 0 Å². The van der Waals surface area contributed by atoms with E-state index in [-0.39, 0.29) is 18.6 Å². The van der Waals surface area contributed by atoms with E-state index in [1.54, 1.807) is 24.3 Å². The summed E-state index contributed by atoms with van der Waals surface area (Å²) in [6.07, 6.45) is 2.31. The Morgan fingerprint density at radius 3 is 2.77 bits per heavy atom. The van der Waals surface area contributed by atoms with Gasteiger partial charge in [0.2, 0.25) is 0 Å². The van der Waals surface area contributed by atoms with Crippen LogP contribution in [0.1, 0.15) is 35.2 Å². The van der Waals surface area contributed by atoms with Gasteiger partial charge in [0.05, 0.1) is 18.3 Å². The molecule has 7 nitrogen and oxygen atoms in total. The van der Waals surface area contributed by atoms with Gasteiger partial charge in [-0.2, -0.15) is 0 Å². The van der Waals surface area contributed by atoms with Crippen molar-refractivity contribution in [3.8, 4) is 5.75 Å². The number of nitrogens with one attached hydrogen (secondary N) is 1. The van der Waals surface area contributed by atoms with Gasteiger partial charge in [0.1, 0.15) is 5.75 Å². The molecular weight excluding hydrogens is 396 g/mol. The summed E-state index contributed by atoms with van der Waals surface area (Å²) in [5.74, 6) is -0.0637. The van der Waals surface area contributed by atoms with Gasteiger partial charge in [0, 0.05) is 19.6 Å². The minimum absolute atomic E-state index is 0.231. The molecule has 31 heavy (non-hydrogen) atoms. The number of aliphatic hydroxyl groups excluding tert-OH is 1. The highest BCUT2D eigenvalue weighted by Crippen LogP contribution is 2.18. The number of benzene rings is 2. The van der Waals surface area contributed by atoms with Gasteiger partial charge in [-0.15, -0.1) is 0 Å². The maximum absolute atomic E-state index is 11.8. The highest BCUT2D eigenvalue weighted by Gasteiger charge is 2.17. The van der Waals surface area contributed by atoms with Gasteiger partial charge in [-0.05, 0) is 55.6 Å². The Labute approximate surface area is 183 Å². The zero-order chi connectivity index (χ0) is 21.9. The van der Waals surface area contributed by atoms with Crippen LogP contribution < -0.4 is 10.1 Å². The number of carbonyl (C=O) groups is 2. The zero-order valence-electron chi connectivity index (χ0n) is 17.7. The maximum Gasteiger partial charge on any atom is 0.338 e. The number of piperidine rings is 1. The number of β-amino-alcohol motifs (C(OH)–C–C–N with tert-alkyl or cyclic N) is 1. The molecule has 0 aromatic heterocycles. The lowest BCUT2D eigenvalue weighted by Gasteiger charge is -2.30. The first-order valence-electron chi connectivity index (χ1n) is 10.7. The molecule has 0 radical (unpaired) electrons. The maximum atomic E-state index is 11.8. The summed E-state index contributed by atoms with van der Waals surface area (Å²) in [6, 6.07) is 16.5. The standard InChI is InChI=1S/C24H30N2O5/c27-21-10-5-13-26(17-21)16-19-7-4-11-22(15-19)30-14-6-12-25-23(28)18-31-24(29)20-8-2-1-3-9-20/h1-4,7-9,11,15,21,27H,5-6,10,12-14,16-18H2,(H,25,28). The van der Waals surface area contributed by atoms with Crippen LogP contribution >= 0.6 is 0 Å². The molecule has 1 unspecified atom stereocenters. The van der Waals surface area contributed by atoms with Crippen molar-refractivity contribution >= 4 is 11.9 Å². The van der Waals surface area contributed by atoms with Gasteiger partial charge in [-0.25, -0.2) is 4.79 Å². The summed E-state index contributed by atoms with van der Waals surface area (Å²) in [5.41, 5.74) is 1.57. The van der Waals surface area contributed by atoms with E-state index < -0.39 is 5.97 Å². The highest BCUT2D eigenvalue weighted by atomic mass is 16.5. The van der Waals surface area contributed by atoms with E-state index in [1.807, 2.05) is 24.3 Å². The molecule has 0 spiro atoms. The molecule has 0 bridgehead atoms. The van der Waals surface area contributed by atoms with Gasteiger partial charge in [-0.1, -0.05) is 30.3 Å². The predicted octanol–water partition coefficient (Wildman–Crippen LogP) is 2.39. The molecule has 1 amide bonds. The van der Waals surface area contributed by atoms with E-state index in [2.05, 4.69) is 16.3 Å². The van der Waals surface area contributed by atoms with Gasteiger partial charge in [0.15, 0.2) is 6.61 Å². The molecule has 2 aromatic rings. The van der Waals surface area contributed by atoms with Crippen LogP contribution in [0, 0.1) is 0 Å². The number of hydrogen-bond donors (Lipinski definition) is 2. The van der Waals surface area contributed by atoms with E-state index >= 15 is 0 Å². The number of aliphatic hydroxyl groups is 1. The molecule has 2 aromatic carbocycles. The molecule has 166 valence electrons. The van der Waals surface area contributed by atoms with Crippen LogP contribution in [-0.2, 0) is 16.1 Å². The van der Waals surface area contributed by atoms with Crippen molar-refractivity contribution in [1.29, 1.82) is 0 Å². The number of rotatable bonds is 10. The van der Waals surface area contributed by atoms with Gasteiger partial charge in [0.25, 0.3) is 5.91 Å². The third-order valence-electron chi connectivity index (χ3n) is 5.04. The minimum atomic E-state index is -0.516. The van der Waals surface area contributed by atoms with Gasteiger partial charge in [-0.3, -0.25) is 9.69 Å². The second kappa shape index (κ2) is 12.1. The molecule has 1 aliphatic rings. The second-order valence-corrected chi connectivity index (χ2v) is 7.67. The molecule has 1 heterocycles. The summed E-state index contributed by atoms with van der Waals surface area (Å²) in [7, 11) is 0. The van der Waals surface area contributed by atoms with Crippen LogP contribution in [0.3, 0.4) is 0 Å². The van der Waals surface area contributed by atoms with Crippen molar-refractivity contribution in [2.75, 3.05) is 32.8 Å². The Morgan fingerprint density at radius 2 is 1.97 bits per heavy atom. The molecule has 1 atom stereocenters. The number of esters is 1. The molecule has 3 rings (SSSR count). The summed E-state index contributed by atoms with van der Waals surface area (Å²) >= 11 is 0. The SMILES string of the molecule is O=C(COC(=O)c1ccccc1)NCCCOc1cccc(CN2CCCC(O)C2)c1. The quantitative estimate of drug-likeness (QED) is 0.448. The third-order valence-corrected chi connectivity index (χ3v) is 5.04. The van der Waals surface area contributed by atoms with E-state index in [9.17, 15) is 14.7 Å². The zero-order valence-corrected chi connectivity index (χ0v) is 17.7. The predicted molar refractivity (Wildman–Crippen MR) is 117 cm³/mol. The number of nitrogens with zero attached hydrogens (tertiary/aromatic N) is 1. The van der Waals surface area contributed by atoms with Gasteiger partial charge >= 0.3 is 5.97 Å². The van der Waals surface area contributed by atoms with Crippen LogP contribution in [0.5, 0.6) is 5.75 Å². The Balaban J connectivity index is 1.30. The molecule has 2 N–H and O–H groups in total. The van der Waals surface area contributed by atoms with Crippen LogP contribution in [0.15, 0.2) is 54.6 Å². The Kier molecular flexibility index (Phi) is 8.87. The fraction of sp³-hybridized carbons (Fsp3) is 0.417. The monoisotopic (exact) mass is 426 g/mol. The van der Waals surface area contributed by atoms with Crippen molar-refractivity contribution in [3.05, 3.63) is 65.7 Å². The minimum Gasteiger partial charge on any atom is -0.494 e. The summed E-state index contributed by atoms with van der Waals surface area (Å²) < 4.78 is 10.8. The molecule has 1 saturated heterocycles. The van der Waals surface area contributed by atoms with E-state index in [4.69, 9.17) is 9.47 Å². The van der Waals surface area contributed by atoms with Crippen molar-refractivity contribution < 1.29 is 24.2 Å². The van der Waals surface area contributed by atoms with E-state index in [0.717, 1.165) is 37.2 Å². The van der Waals surface area contributed by atoms with Crippen LogP contribution in [0.2, 0.25) is 0 Å². The normalized spacial score (nSPS) is 16.5. The average molecular weight is 427 g/mol. The molecule has 0 saturated carbocycles. The molecule has 1 fully saturated rings. The Morgan fingerprint density at radius 1 is 1.13 bits per heavy atom. The number of likely N-dealkylation sites (tertiary alicyclic amines) is 1. The second-order valence-electron chi connectivity index (χ2n) is 7.67. The first-order valence-corrected chi connectivity index (χ1v) is 10.7. The van der Waals surface area contributed by atoms with Crippen molar-refractivity contribution in [2.24, 2.45) is 0 Å². The molecule has 7 heteroatoms. The molecule has 0 aliphatic carbocycles. The molecule has 1 aliphatic heterocycles. The van der Waals surface area contributed by atoms with Crippen LogP contribution in [0.4, 0.5) is 0 Å². The number of carbonyl (C=O) groups excluding carboxylic acids is 2. The van der Waals surface area contributed by atoms with Crippen LogP contribution in [-0.4, -0.2) is 60.8 Å². The summed E-state index contributed by atoms with van der Waals surface area (Å²) in [6.45, 7) is 3.12. The molecular formula is C24H30N2O5. The van der Waals surface area contributed by atoms with Crippen molar-refractivity contribution in [2.45, 2.75) is 31.9 Å². The lowest BCUT2D eigenvalue weighted by Crippen LogP contribution is -2.37.